The van der Waals surface area contributed by atoms with E-state index in [4.69, 9.17) is 14.3 Å². The number of alkyl halides is 1. The molecule has 5 unspecified atom stereocenters. The van der Waals surface area contributed by atoms with Crippen molar-refractivity contribution in [3.63, 3.8) is 0 Å². The third-order valence-electron chi connectivity index (χ3n) is 8.09. The highest BCUT2D eigenvalue weighted by Gasteiger charge is 2.54. The maximum Gasteiger partial charge on any atom is 0.410 e. The van der Waals surface area contributed by atoms with Gasteiger partial charge in [-0.05, 0) is 50.9 Å². The van der Waals surface area contributed by atoms with Gasteiger partial charge in [0.1, 0.15) is 12.3 Å². The fourth-order valence-corrected chi connectivity index (χ4v) is 5.88. The lowest BCUT2D eigenvalue weighted by Gasteiger charge is -2.40. The predicted octanol–water partition coefficient (Wildman–Crippen LogP) is 0.892. The van der Waals surface area contributed by atoms with E-state index < -0.39 is 5.67 Å². The fraction of sp³-hybridized carbons (Fsp3) is 0.905. The Morgan fingerprint density at radius 3 is 2.55 bits per heavy atom. The van der Waals surface area contributed by atoms with Crippen LogP contribution in [0.2, 0.25) is 0 Å². The van der Waals surface area contributed by atoms with Crippen LogP contribution in [0, 0.1) is 11.8 Å². The lowest BCUT2D eigenvalue weighted by molar-refractivity contribution is -0.139. The van der Waals surface area contributed by atoms with Crippen LogP contribution < -0.4 is 10.8 Å². The van der Waals surface area contributed by atoms with E-state index in [0.717, 1.165) is 32.1 Å². The van der Waals surface area contributed by atoms with Crippen molar-refractivity contribution in [1.82, 2.24) is 20.6 Å². The normalized spacial score (nSPS) is 40.4. The van der Waals surface area contributed by atoms with Crippen LogP contribution in [0.4, 0.5) is 9.18 Å². The first kappa shape index (κ1) is 20.1. The summed E-state index contributed by atoms with van der Waals surface area (Å²) in [6.07, 6.45) is 4.74. The largest absolute Gasteiger partial charge is 0.444 e. The van der Waals surface area contributed by atoms with E-state index in [1.807, 2.05) is 4.90 Å². The second-order valence-corrected chi connectivity index (χ2v) is 10.1. The molecule has 31 heavy (non-hydrogen) atoms. The average Bonchev–Trinajstić information content (AvgIpc) is 3.18. The van der Waals surface area contributed by atoms with E-state index in [0.29, 0.717) is 51.0 Å². The zero-order valence-electron chi connectivity index (χ0n) is 17.6. The second-order valence-electron chi connectivity index (χ2n) is 10.1. The van der Waals surface area contributed by atoms with Crippen molar-refractivity contribution in [2.75, 3.05) is 26.3 Å². The number of nitrogens with one attached hydrogen (secondary N) is 2. The molecule has 172 valence electrons. The van der Waals surface area contributed by atoms with Gasteiger partial charge in [0.05, 0.1) is 31.5 Å². The van der Waals surface area contributed by atoms with Gasteiger partial charge in [-0.25, -0.2) is 9.18 Å². The van der Waals surface area contributed by atoms with E-state index in [2.05, 4.69) is 10.8 Å². The second kappa shape index (κ2) is 7.54. The van der Waals surface area contributed by atoms with Crippen molar-refractivity contribution in [2.24, 2.45) is 11.8 Å². The van der Waals surface area contributed by atoms with E-state index in [-0.39, 0.29) is 42.6 Å². The molecule has 4 aliphatic heterocycles. The van der Waals surface area contributed by atoms with Crippen molar-refractivity contribution in [3.8, 4) is 0 Å². The van der Waals surface area contributed by atoms with Crippen LogP contribution >= 0.6 is 0 Å². The number of carbonyl (C=O) groups excluding carboxylic acids is 2. The quantitative estimate of drug-likeness (QED) is 0.674. The van der Waals surface area contributed by atoms with Crippen molar-refractivity contribution in [3.05, 3.63) is 0 Å². The van der Waals surface area contributed by atoms with Gasteiger partial charge in [0, 0.05) is 19.0 Å². The minimum absolute atomic E-state index is 0.0258. The summed E-state index contributed by atoms with van der Waals surface area (Å²) < 4.78 is 25.0. The van der Waals surface area contributed by atoms with Crippen molar-refractivity contribution < 1.29 is 28.3 Å². The molecule has 0 radical (unpaired) electrons. The molecule has 0 aromatic carbocycles. The minimum Gasteiger partial charge on any atom is -0.444 e. The first-order chi connectivity index (χ1) is 15.0. The molecule has 0 aromatic rings. The van der Waals surface area contributed by atoms with E-state index in [1.165, 1.54) is 0 Å². The molecule has 0 bridgehead atoms. The molecule has 0 spiro atoms. The van der Waals surface area contributed by atoms with Crippen LogP contribution in [0.1, 0.15) is 44.9 Å². The highest BCUT2D eigenvalue weighted by Crippen LogP contribution is 2.42. The smallest absolute Gasteiger partial charge is 0.410 e. The topological polar surface area (TPSA) is 92.4 Å². The van der Waals surface area contributed by atoms with Gasteiger partial charge < -0.3 is 14.4 Å². The number of likely N-dealkylation sites (tertiary alicyclic amines) is 1. The molecule has 0 aromatic heterocycles. The zero-order chi connectivity index (χ0) is 21.2. The summed E-state index contributed by atoms with van der Waals surface area (Å²) >= 11 is 0. The number of hydroxylamine groups is 1. The molecule has 4 saturated heterocycles. The summed E-state index contributed by atoms with van der Waals surface area (Å²) in [4.78, 5) is 34.1. The number of hydrogen-bond acceptors (Lipinski definition) is 7. The van der Waals surface area contributed by atoms with E-state index >= 15 is 0 Å². The molecule has 6 fully saturated rings. The molecule has 2 aliphatic carbocycles. The monoisotopic (exact) mass is 438 g/mol. The van der Waals surface area contributed by atoms with Gasteiger partial charge in [0.2, 0.25) is 0 Å². The van der Waals surface area contributed by atoms with Crippen LogP contribution in [0.25, 0.3) is 0 Å². The molecule has 2 saturated carbocycles. The number of nitrogens with zero attached hydrogens (tertiary/aromatic N) is 2. The van der Waals surface area contributed by atoms with Gasteiger partial charge >= 0.3 is 6.09 Å². The molecule has 4 heterocycles. The Morgan fingerprint density at radius 2 is 1.87 bits per heavy atom. The number of amides is 2. The highest BCUT2D eigenvalue weighted by atomic mass is 19.1. The standard InChI is InChI=1S/C21H31FN4O5/c22-21(5-6-21)19(27)25-7-3-12(4-8-25)17-23-18(31-24-17)13-1-2-16-15(9-13)26(20(28)30-16)14-10-29-11-14/h12-18,23-24H,1-11H2. The van der Waals surface area contributed by atoms with Gasteiger partial charge in [-0.1, -0.05) is 0 Å². The van der Waals surface area contributed by atoms with Crippen molar-refractivity contribution >= 4 is 12.0 Å². The maximum atomic E-state index is 14.1. The number of halogens is 1. The molecule has 2 amide bonds. The Labute approximate surface area is 180 Å². The Balaban J connectivity index is 1.02. The van der Waals surface area contributed by atoms with Crippen molar-refractivity contribution in [1.29, 1.82) is 0 Å². The van der Waals surface area contributed by atoms with E-state index in [9.17, 15) is 14.0 Å². The van der Waals surface area contributed by atoms with Gasteiger partial charge in [-0.3, -0.25) is 19.8 Å². The minimum atomic E-state index is -1.57. The number of carbonyl (C=O) groups is 2. The van der Waals surface area contributed by atoms with Crippen LogP contribution in [0.5, 0.6) is 0 Å². The van der Waals surface area contributed by atoms with E-state index in [1.54, 1.807) is 4.90 Å². The number of hydrogen-bond donors (Lipinski definition) is 2. The maximum absolute atomic E-state index is 14.1. The third kappa shape index (κ3) is 3.51. The Morgan fingerprint density at radius 1 is 1.10 bits per heavy atom. The van der Waals surface area contributed by atoms with Gasteiger partial charge in [-0.2, -0.15) is 5.48 Å². The first-order valence-electron chi connectivity index (χ1n) is 11.7. The molecular formula is C21H31FN4O5. The van der Waals surface area contributed by atoms with Gasteiger partial charge in [-0.15, -0.1) is 0 Å². The summed E-state index contributed by atoms with van der Waals surface area (Å²) in [6, 6.07) is 0.228. The third-order valence-corrected chi connectivity index (χ3v) is 8.09. The van der Waals surface area contributed by atoms with Crippen LogP contribution in [0.15, 0.2) is 0 Å². The van der Waals surface area contributed by atoms with Crippen molar-refractivity contribution in [2.45, 2.75) is 81.2 Å². The first-order valence-corrected chi connectivity index (χ1v) is 11.7. The number of piperidine rings is 1. The predicted molar refractivity (Wildman–Crippen MR) is 105 cm³/mol. The van der Waals surface area contributed by atoms with Crippen LogP contribution in [-0.4, -0.2) is 84.4 Å². The summed E-state index contributed by atoms with van der Waals surface area (Å²) in [6.45, 7) is 2.39. The average molecular weight is 439 g/mol. The van der Waals surface area contributed by atoms with Crippen LogP contribution in [-0.2, 0) is 19.1 Å². The molecule has 5 atom stereocenters. The highest BCUT2D eigenvalue weighted by molar-refractivity contribution is 5.88. The van der Waals surface area contributed by atoms with Gasteiger partial charge in [0.25, 0.3) is 5.91 Å². The molecule has 10 heteroatoms. The fourth-order valence-electron chi connectivity index (χ4n) is 5.88. The summed E-state index contributed by atoms with van der Waals surface area (Å²) in [7, 11) is 0. The molecule has 2 N–H and O–H groups in total. The lowest BCUT2D eigenvalue weighted by Crippen LogP contribution is -2.55. The summed E-state index contributed by atoms with van der Waals surface area (Å²) in [5, 5.41) is 3.60. The molecule has 6 aliphatic rings. The lowest BCUT2D eigenvalue weighted by atomic mass is 9.82. The molecule has 9 nitrogen and oxygen atoms in total. The van der Waals surface area contributed by atoms with Gasteiger partial charge in [0.15, 0.2) is 5.67 Å². The number of fused-ring (bicyclic) bond motifs is 1. The number of rotatable bonds is 4. The Kier molecular flexibility index (Phi) is 4.90. The number of ether oxygens (including phenoxy) is 2. The molecular weight excluding hydrogens is 407 g/mol. The van der Waals surface area contributed by atoms with Crippen LogP contribution in [0.3, 0.4) is 0 Å². The molecule has 6 rings (SSSR count). The summed E-state index contributed by atoms with van der Waals surface area (Å²) in [5.41, 5.74) is 1.59. The zero-order valence-corrected chi connectivity index (χ0v) is 17.6. The SMILES string of the molecule is O=C1OC2CCC(C3NC(C4CCN(C(=O)C5(F)CC5)CC4)NO3)CC2N1C1COC1. The summed E-state index contributed by atoms with van der Waals surface area (Å²) in [5.74, 6) is 0.304. The Hall–Kier alpha value is -1.49. The Bertz CT molecular complexity index is 739.